The second kappa shape index (κ2) is 8.82. The van der Waals surface area contributed by atoms with Gasteiger partial charge in [-0.2, -0.15) is 0 Å². The van der Waals surface area contributed by atoms with Gasteiger partial charge in [-0.25, -0.2) is 0 Å². The van der Waals surface area contributed by atoms with E-state index >= 15 is 0 Å². The van der Waals surface area contributed by atoms with Crippen molar-refractivity contribution in [3.05, 3.63) is 85.1 Å². The number of fused-ring (bicyclic) bond motifs is 1. The number of aldehydes is 1. The smallest absolute Gasteiger partial charge is 0.150 e. The Balaban J connectivity index is 0.000000210. The first-order valence-electron chi connectivity index (χ1n) is 6.48. The summed E-state index contributed by atoms with van der Waals surface area (Å²) in [5, 5.41) is 1.09. The van der Waals surface area contributed by atoms with E-state index in [4.69, 9.17) is 0 Å². The van der Waals surface area contributed by atoms with Crippen molar-refractivity contribution in [3.8, 4) is 0 Å². The molecule has 0 aliphatic carbocycles. The number of nitrogens with zero attached hydrogens (tertiary/aromatic N) is 1. The van der Waals surface area contributed by atoms with E-state index in [1.165, 1.54) is 5.56 Å². The van der Waals surface area contributed by atoms with Gasteiger partial charge in [-0.05, 0) is 19.1 Å². The summed E-state index contributed by atoms with van der Waals surface area (Å²) in [5.41, 5.74) is 2.96. The molecule has 2 aromatic carbocycles. The first-order valence-corrected chi connectivity index (χ1v) is 6.88. The Hall–Kier alpha value is -2.26. The van der Waals surface area contributed by atoms with Crippen LogP contribution in [0.5, 0.6) is 0 Å². The Kier molecular flexibility index (Phi) is 7.05. The number of hydrogen-bond donors (Lipinski definition) is 1. The molecule has 3 heteroatoms. The molecule has 0 fully saturated rings. The fourth-order valence-corrected chi connectivity index (χ4v) is 1.98. The van der Waals surface area contributed by atoms with Gasteiger partial charge >= 0.3 is 0 Å². The minimum atomic E-state index is 0.677. The highest BCUT2D eigenvalue weighted by atomic mass is 32.1. The van der Waals surface area contributed by atoms with E-state index in [9.17, 15) is 4.79 Å². The highest BCUT2D eigenvalue weighted by Crippen LogP contribution is 2.17. The average molecular weight is 297 g/mol. The first-order chi connectivity index (χ1) is 10.2. The SMILES string of the molecule is C=C.Cc1ccccc1.O=Cc1ccc2ccn(S)c2c1. The van der Waals surface area contributed by atoms with Crippen LogP contribution in [0.15, 0.2) is 74.0 Å². The molecule has 1 heterocycles. The van der Waals surface area contributed by atoms with E-state index in [1.54, 1.807) is 10.0 Å². The van der Waals surface area contributed by atoms with Crippen LogP contribution in [0.1, 0.15) is 15.9 Å². The number of aryl methyl sites for hydroxylation is 1. The summed E-state index contributed by atoms with van der Waals surface area (Å²) in [6.07, 6.45) is 2.68. The van der Waals surface area contributed by atoms with Crippen molar-refractivity contribution in [2.75, 3.05) is 0 Å². The van der Waals surface area contributed by atoms with Crippen molar-refractivity contribution >= 4 is 30.0 Å². The van der Waals surface area contributed by atoms with E-state index in [-0.39, 0.29) is 0 Å². The van der Waals surface area contributed by atoms with Crippen molar-refractivity contribution in [1.29, 1.82) is 0 Å². The van der Waals surface area contributed by atoms with Crippen molar-refractivity contribution in [2.24, 2.45) is 0 Å². The minimum absolute atomic E-state index is 0.677. The summed E-state index contributed by atoms with van der Waals surface area (Å²) in [6, 6.07) is 17.7. The fourth-order valence-electron chi connectivity index (χ4n) is 1.74. The molecule has 0 aliphatic heterocycles. The van der Waals surface area contributed by atoms with Gasteiger partial charge in [0.15, 0.2) is 0 Å². The molecule has 1 aromatic heterocycles. The Morgan fingerprint density at radius 2 is 1.71 bits per heavy atom. The van der Waals surface area contributed by atoms with Crippen LogP contribution in [-0.2, 0) is 0 Å². The zero-order chi connectivity index (χ0) is 15.7. The maximum Gasteiger partial charge on any atom is 0.150 e. The highest BCUT2D eigenvalue weighted by Gasteiger charge is 1.98. The third-order valence-electron chi connectivity index (χ3n) is 2.77. The summed E-state index contributed by atoms with van der Waals surface area (Å²) in [4.78, 5) is 10.4. The lowest BCUT2D eigenvalue weighted by Gasteiger charge is -1.94. The van der Waals surface area contributed by atoms with Crippen LogP contribution >= 0.6 is 12.8 Å². The van der Waals surface area contributed by atoms with E-state index in [0.717, 1.165) is 17.2 Å². The minimum Gasteiger partial charge on any atom is -0.298 e. The zero-order valence-electron chi connectivity index (χ0n) is 12.1. The molecule has 21 heavy (non-hydrogen) atoms. The lowest BCUT2D eigenvalue weighted by atomic mass is 10.2. The average Bonchev–Trinajstić information content (AvgIpc) is 2.91. The summed E-state index contributed by atoms with van der Waals surface area (Å²) >= 11 is 4.19. The number of aromatic nitrogens is 1. The second-order valence-corrected chi connectivity index (χ2v) is 4.68. The molecule has 3 aromatic rings. The van der Waals surface area contributed by atoms with Gasteiger partial charge in [-0.1, -0.05) is 60.8 Å². The number of carbonyl (C=O) groups is 1. The maximum absolute atomic E-state index is 10.4. The van der Waals surface area contributed by atoms with E-state index in [0.29, 0.717) is 5.56 Å². The number of hydrogen-bond acceptors (Lipinski definition) is 2. The predicted molar refractivity (Wildman–Crippen MR) is 94.1 cm³/mol. The normalized spacial score (nSPS) is 9.05. The number of carbonyl (C=O) groups excluding carboxylic acids is 1. The topological polar surface area (TPSA) is 22.0 Å². The van der Waals surface area contributed by atoms with Crippen LogP contribution in [0.2, 0.25) is 0 Å². The summed E-state index contributed by atoms with van der Waals surface area (Å²) in [7, 11) is 0. The zero-order valence-corrected chi connectivity index (χ0v) is 13.0. The Morgan fingerprint density at radius 3 is 2.24 bits per heavy atom. The van der Waals surface area contributed by atoms with E-state index in [2.05, 4.69) is 45.0 Å². The van der Waals surface area contributed by atoms with Crippen LogP contribution in [0.4, 0.5) is 0 Å². The van der Waals surface area contributed by atoms with Crippen LogP contribution in [0.25, 0.3) is 10.9 Å². The largest absolute Gasteiger partial charge is 0.298 e. The molecule has 0 spiro atoms. The van der Waals surface area contributed by atoms with Gasteiger partial charge in [0, 0.05) is 17.1 Å². The monoisotopic (exact) mass is 297 g/mol. The number of thiol groups is 1. The Bertz CT molecular complexity index is 689. The van der Waals surface area contributed by atoms with E-state index in [1.807, 2.05) is 42.6 Å². The van der Waals surface area contributed by atoms with Gasteiger partial charge in [0.2, 0.25) is 0 Å². The molecule has 2 nitrogen and oxygen atoms in total. The fraction of sp³-hybridized carbons (Fsp3) is 0.0556. The summed E-state index contributed by atoms with van der Waals surface area (Å²) in [5.74, 6) is 0. The van der Waals surface area contributed by atoms with Crippen molar-refractivity contribution in [3.63, 3.8) is 0 Å². The highest BCUT2D eigenvalue weighted by molar-refractivity contribution is 7.78. The van der Waals surface area contributed by atoms with Crippen molar-refractivity contribution in [2.45, 2.75) is 6.92 Å². The van der Waals surface area contributed by atoms with Gasteiger partial charge in [-0.3, -0.25) is 8.77 Å². The maximum atomic E-state index is 10.4. The summed E-state index contributed by atoms with van der Waals surface area (Å²) in [6.45, 7) is 8.08. The quantitative estimate of drug-likeness (QED) is 0.383. The molecule has 0 atom stereocenters. The third-order valence-corrected chi connectivity index (χ3v) is 3.12. The molecule has 0 saturated heterocycles. The van der Waals surface area contributed by atoms with Crippen LogP contribution in [-0.4, -0.2) is 10.3 Å². The standard InChI is InChI=1S/C9H7NOS.C7H8.C2H4/c11-6-7-1-2-8-3-4-10(12)9(8)5-7;1-7-5-3-2-4-6-7;1-2/h1-6,12H;2-6H,1H3;1-2H2. The lowest BCUT2D eigenvalue weighted by molar-refractivity contribution is 0.112. The Labute approximate surface area is 131 Å². The number of benzene rings is 2. The molecule has 0 bridgehead atoms. The second-order valence-electron chi connectivity index (χ2n) is 4.25. The van der Waals surface area contributed by atoms with Crippen LogP contribution in [0.3, 0.4) is 0 Å². The summed E-state index contributed by atoms with van der Waals surface area (Å²) < 4.78 is 1.70. The molecule has 0 saturated carbocycles. The third kappa shape index (κ3) is 4.97. The predicted octanol–water partition coefficient (Wildman–Crippen LogP) is 4.94. The van der Waals surface area contributed by atoms with Crippen molar-refractivity contribution < 1.29 is 4.79 Å². The van der Waals surface area contributed by atoms with Gasteiger partial charge in [-0.15, -0.1) is 13.2 Å². The van der Waals surface area contributed by atoms with Crippen molar-refractivity contribution in [1.82, 2.24) is 3.97 Å². The lowest BCUT2D eigenvalue weighted by Crippen LogP contribution is -1.81. The molecular weight excluding hydrogens is 278 g/mol. The molecule has 0 unspecified atom stereocenters. The molecule has 108 valence electrons. The van der Waals surface area contributed by atoms with E-state index < -0.39 is 0 Å². The van der Waals surface area contributed by atoms with Gasteiger partial charge in [0.1, 0.15) is 6.29 Å². The molecule has 3 rings (SSSR count). The van der Waals surface area contributed by atoms with Gasteiger partial charge in [0.05, 0.1) is 5.52 Å². The molecule has 0 N–H and O–H groups in total. The van der Waals surface area contributed by atoms with Crippen LogP contribution in [0, 0.1) is 6.92 Å². The molecular formula is C18H19NOS. The molecule has 0 amide bonds. The molecule has 0 radical (unpaired) electrons. The molecule has 0 aliphatic rings. The first kappa shape index (κ1) is 16.8. The van der Waals surface area contributed by atoms with Crippen LogP contribution < -0.4 is 0 Å². The van der Waals surface area contributed by atoms with Gasteiger partial charge in [0.25, 0.3) is 0 Å². The van der Waals surface area contributed by atoms with Gasteiger partial charge < -0.3 is 0 Å². The number of rotatable bonds is 1. The Morgan fingerprint density at radius 1 is 1.05 bits per heavy atom.